The molecule has 0 bridgehead atoms. The lowest BCUT2D eigenvalue weighted by molar-refractivity contribution is 0.414. The van der Waals surface area contributed by atoms with E-state index < -0.39 is 0 Å². The van der Waals surface area contributed by atoms with Gasteiger partial charge in [0.05, 0.1) is 17.8 Å². The predicted molar refractivity (Wildman–Crippen MR) is 65.9 cm³/mol. The van der Waals surface area contributed by atoms with E-state index in [9.17, 15) is 0 Å². The molecule has 0 atom stereocenters. The van der Waals surface area contributed by atoms with Crippen molar-refractivity contribution in [3.8, 4) is 5.75 Å². The van der Waals surface area contributed by atoms with Crippen molar-refractivity contribution < 1.29 is 4.74 Å². The van der Waals surface area contributed by atoms with Gasteiger partial charge in [0.15, 0.2) is 0 Å². The summed E-state index contributed by atoms with van der Waals surface area (Å²) in [5, 5.41) is 4.04. The highest BCUT2D eigenvalue weighted by atomic mass is 35.5. The average Bonchev–Trinajstić information content (AvgIpc) is 2.15. The molecule has 84 valence electrons. The van der Waals surface area contributed by atoms with E-state index in [0.29, 0.717) is 0 Å². The van der Waals surface area contributed by atoms with Crippen molar-refractivity contribution in [1.82, 2.24) is 0 Å². The molecule has 2 nitrogen and oxygen atoms in total. The molecule has 3 heteroatoms. The lowest BCUT2D eigenvalue weighted by Crippen LogP contribution is -2.19. The molecule has 0 aliphatic rings. The molecular formula is C12H18ClNO. The Hall–Kier alpha value is -0.890. The minimum Gasteiger partial charge on any atom is -0.497 e. The second-order valence-electron chi connectivity index (χ2n) is 4.76. The third kappa shape index (κ3) is 4.00. The topological polar surface area (TPSA) is 21.3 Å². The van der Waals surface area contributed by atoms with Gasteiger partial charge in [-0.1, -0.05) is 32.4 Å². The number of halogens is 1. The second-order valence-corrected chi connectivity index (χ2v) is 5.17. The van der Waals surface area contributed by atoms with Gasteiger partial charge >= 0.3 is 0 Å². The van der Waals surface area contributed by atoms with Crippen molar-refractivity contribution in [2.24, 2.45) is 5.41 Å². The maximum atomic E-state index is 6.06. The molecule has 0 fully saturated rings. The molecule has 0 saturated heterocycles. The van der Waals surface area contributed by atoms with Crippen LogP contribution in [0.3, 0.4) is 0 Å². The Morgan fingerprint density at radius 2 is 2.00 bits per heavy atom. The van der Waals surface area contributed by atoms with Crippen LogP contribution < -0.4 is 10.1 Å². The summed E-state index contributed by atoms with van der Waals surface area (Å²) >= 11 is 6.06. The van der Waals surface area contributed by atoms with Crippen molar-refractivity contribution >= 4 is 17.3 Å². The lowest BCUT2D eigenvalue weighted by Gasteiger charge is -2.20. The number of rotatable bonds is 3. The van der Waals surface area contributed by atoms with Gasteiger partial charge in [0, 0.05) is 12.6 Å². The fourth-order valence-corrected chi connectivity index (χ4v) is 1.31. The van der Waals surface area contributed by atoms with Crippen molar-refractivity contribution in [3.63, 3.8) is 0 Å². The number of methoxy groups -OCH3 is 1. The zero-order chi connectivity index (χ0) is 11.5. The molecule has 0 aliphatic heterocycles. The van der Waals surface area contributed by atoms with E-state index in [1.165, 1.54) is 0 Å². The lowest BCUT2D eigenvalue weighted by atomic mass is 9.97. The SMILES string of the molecule is COc1ccc(Cl)c(NCC(C)(C)C)c1. The van der Waals surface area contributed by atoms with Crippen LogP contribution in [0.15, 0.2) is 18.2 Å². The molecule has 0 heterocycles. The van der Waals surface area contributed by atoms with E-state index in [4.69, 9.17) is 16.3 Å². The Labute approximate surface area is 96.6 Å². The molecule has 0 aliphatic carbocycles. The molecular weight excluding hydrogens is 210 g/mol. The highest BCUT2D eigenvalue weighted by Gasteiger charge is 2.10. The third-order valence-electron chi connectivity index (χ3n) is 1.98. The first kappa shape index (κ1) is 12.2. The van der Waals surface area contributed by atoms with E-state index in [0.717, 1.165) is 23.0 Å². The summed E-state index contributed by atoms with van der Waals surface area (Å²) in [6.45, 7) is 7.40. The molecule has 0 saturated carbocycles. The maximum Gasteiger partial charge on any atom is 0.121 e. The van der Waals surface area contributed by atoms with Crippen LogP contribution >= 0.6 is 11.6 Å². The minimum absolute atomic E-state index is 0.229. The average molecular weight is 228 g/mol. The molecule has 0 unspecified atom stereocenters. The summed E-state index contributed by atoms with van der Waals surface area (Å²) in [6, 6.07) is 5.60. The highest BCUT2D eigenvalue weighted by molar-refractivity contribution is 6.33. The molecule has 1 aromatic rings. The third-order valence-corrected chi connectivity index (χ3v) is 2.31. The minimum atomic E-state index is 0.229. The number of nitrogens with one attached hydrogen (secondary N) is 1. The maximum absolute atomic E-state index is 6.06. The molecule has 1 rings (SSSR count). The first-order valence-corrected chi connectivity index (χ1v) is 5.37. The second kappa shape index (κ2) is 4.75. The monoisotopic (exact) mass is 227 g/mol. The fraction of sp³-hybridized carbons (Fsp3) is 0.500. The number of benzene rings is 1. The molecule has 1 N–H and O–H groups in total. The van der Waals surface area contributed by atoms with E-state index in [1.54, 1.807) is 7.11 Å². The molecule has 15 heavy (non-hydrogen) atoms. The molecule has 1 aromatic carbocycles. The van der Waals surface area contributed by atoms with Gasteiger partial charge < -0.3 is 10.1 Å². The first-order valence-electron chi connectivity index (χ1n) is 5.00. The van der Waals surface area contributed by atoms with Gasteiger partial charge in [0.2, 0.25) is 0 Å². The molecule has 0 spiro atoms. The van der Waals surface area contributed by atoms with Gasteiger partial charge in [-0.05, 0) is 17.5 Å². The summed E-state index contributed by atoms with van der Waals surface area (Å²) < 4.78 is 5.14. The normalized spacial score (nSPS) is 11.3. The van der Waals surface area contributed by atoms with Crippen LogP contribution in [0.1, 0.15) is 20.8 Å². The fourth-order valence-electron chi connectivity index (χ4n) is 1.13. The van der Waals surface area contributed by atoms with Crippen LogP contribution in [-0.4, -0.2) is 13.7 Å². The van der Waals surface area contributed by atoms with E-state index in [2.05, 4.69) is 26.1 Å². The van der Waals surface area contributed by atoms with E-state index >= 15 is 0 Å². The smallest absolute Gasteiger partial charge is 0.121 e. The predicted octanol–water partition coefficient (Wildman–Crippen LogP) is 3.81. The number of anilines is 1. The van der Waals surface area contributed by atoms with Crippen LogP contribution in [-0.2, 0) is 0 Å². The Morgan fingerprint density at radius 1 is 1.33 bits per heavy atom. The highest BCUT2D eigenvalue weighted by Crippen LogP contribution is 2.27. The number of ether oxygens (including phenoxy) is 1. The Bertz CT molecular complexity index is 331. The number of hydrogen-bond donors (Lipinski definition) is 1. The van der Waals surface area contributed by atoms with Gasteiger partial charge in [0.1, 0.15) is 5.75 Å². The van der Waals surface area contributed by atoms with Gasteiger partial charge in [-0.25, -0.2) is 0 Å². The van der Waals surface area contributed by atoms with E-state index in [1.807, 2.05) is 18.2 Å². The Morgan fingerprint density at radius 3 is 2.53 bits per heavy atom. The summed E-state index contributed by atoms with van der Waals surface area (Å²) in [5.41, 5.74) is 1.15. The van der Waals surface area contributed by atoms with Gasteiger partial charge in [-0.15, -0.1) is 0 Å². The first-order chi connectivity index (χ1) is 6.92. The molecule has 0 amide bonds. The summed E-state index contributed by atoms with van der Waals surface area (Å²) in [6.07, 6.45) is 0. The van der Waals surface area contributed by atoms with Gasteiger partial charge in [0.25, 0.3) is 0 Å². The van der Waals surface area contributed by atoms with Crippen molar-refractivity contribution in [2.45, 2.75) is 20.8 Å². The van der Waals surface area contributed by atoms with E-state index in [-0.39, 0.29) is 5.41 Å². The van der Waals surface area contributed by atoms with Crippen molar-refractivity contribution in [2.75, 3.05) is 19.0 Å². The van der Waals surface area contributed by atoms with Crippen LogP contribution in [0.2, 0.25) is 5.02 Å². The molecule has 0 aromatic heterocycles. The Kier molecular flexibility index (Phi) is 3.86. The van der Waals surface area contributed by atoms with Crippen LogP contribution in [0.5, 0.6) is 5.75 Å². The molecule has 0 radical (unpaired) electrons. The quantitative estimate of drug-likeness (QED) is 0.848. The van der Waals surface area contributed by atoms with Crippen LogP contribution in [0.25, 0.3) is 0 Å². The van der Waals surface area contributed by atoms with Gasteiger partial charge in [-0.2, -0.15) is 0 Å². The van der Waals surface area contributed by atoms with Crippen molar-refractivity contribution in [3.05, 3.63) is 23.2 Å². The zero-order valence-electron chi connectivity index (χ0n) is 9.73. The number of hydrogen-bond acceptors (Lipinski definition) is 2. The van der Waals surface area contributed by atoms with Crippen LogP contribution in [0.4, 0.5) is 5.69 Å². The standard InChI is InChI=1S/C12H18ClNO/c1-12(2,3)8-14-11-7-9(15-4)5-6-10(11)13/h5-7,14H,8H2,1-4H3. The van der Waals surface area contributed by atoms with Crippen LogP contribution in [0, 0.1) is 5.41 Å². The van der Waals surface area contributed by atoms with Gasteiger partial charge in [-0.3, -0.25) is 0 Å². The Balaban J connectivity index is 2.75. The zero-order valence-corrected chi connectivity index (χ0v) is 10.5. The summed E-state index contributed by atoms with van der Waals surface area (Å²) in [7, 11) is 1.65. The largest absolute Gasteiger partial charge is 0.497 e. The summed E-state index contributed by atoms with van der Waals surface area (Å²) in [4.78, 5) is 0. The summed E-state index contributed by atoms with van der Waals surface area (Å²) in [5.74, 6) is 0.816. The van der Waals surface area contributed by atoms with Crippen molar-refractivity contribution in [1.29, 1.82) is 0 Å².